The summed E-state index contributed by atoms with van der Waals surface area (Å²) in [4.78, 5) is 22.2. The molecule has 0 spiro atoms. The van der Waals surface area contributed by atoms with Crippen molar-refractivity contribution < 1.29 is 14.7 Å². The lowest BCUT2D eigenvalue weighted by Crippen LogP contribution is -2.23. The minimum Gasteiger partial charge on any atom is -0.481 e. The molecule has 0 fully saturated rings. The number of hydrogen-bond acceptors (Lipinski definition) is 2. The van der Waals surface area contributed by atoms with E-state index in [1.807, 2.05) is 19.1 Å². The maximum atomic E-state index is 11.6. The largest absolute Gasteiger partial charge is 0.481 e. The van der Waals surface area contributed by atoms with E-state index in [1.54, 1.807) is 19.1 Å². The van der Waals surface area contributed by atoms with Crippen LogP contribution in [-0.2, 0) is 9.59 Å². The minimum atomic E-state index is -0.808. The van der Waals surface area contributed by atoms with Crippen molar-refractivity contribution in [3.63, 3.8) is 0 Å². The van der Waals surface area contributed by atoms with Gasteiger partial charge in [0.1, 0.15) is 0 Å². The van der Waals surface area contributed by atoms with Gasteiger partial charge in [0.05, 0.1) is 5.92 Å². The minimum absolute atomic E-state index is 0.199. The van der Waals surface area contributed by atoms with Crippen LogP contribution in [0.2, 0.25) is 5.02 Å². The van der Waals surface area contributed by atoms with E-state index < -0.39 is 5.97 Å². The Hall–Kier alpha value is -1.81. The van der Waals surface area contributed by atoms with Gasteiger partial charge >= 0.3 is 5.97 Å². The van der Waals surface area contributed by atoms with Crippen LogP contribution >= 0.6 is 11.6 Å². The van der Waals surface area contributed by atoms with Crippen molar-refractivity contribution in [2.75, 3.05) is 6.54 Å². The first-order valence-electron chi connectivity index (χ1n) is 6.85. The summed E-state index contributed by atoms with van der Waals surface area (Å²) in [7, 11) is 0. The fourth-order valence-corrected chi connectivity index (χ4v) is 1.88. The number of carbonyl (C=O) groups is 2. The average Bonchev–Trinajstić information content (AvgIpc) is 2.44. The number of aryl methyl sites for hydroxylation is 1. The zero-order valence-corrected chi connectivity index (χ0v) is 13.0. The lowest BCUT2D eigenvalue weighted by Gasteiger charge is -2.06. The normalized spacial score (nSPS) is 12.3. The number of benzene rings is 1. The molecule has 1 aromatic rings. The highest BCUT2D eigenvalue weighted by Crippen LogP contribution is 2.17. The Morgan fingerprint density at radius 1 is 1.43 bits per heavy atom. The summed E-state index contributed by atoms with van der Waals surface area (Å²) in [5.74, 6) is -1.39. The van der Waals surface area contributed by atoms with Gasteiger partial charge in [-0.3, -0.25) is 9.59 Å². The highest BCUT2D eigenvalue weighted by atomic mass is 35.5. The molecule has 1 rings (SSSR count). The van der Waals surface area contributed by atoms with E-state index in [4.69, 9.17) is 16.7 Å². The van der Waals surface area contributed by atoms with Crippen LogP contribution in [-0.4, -0.2) is 23.5 Å². The Labute approximate surface area is 129 Å². The van der Waals surface area contributed by atoms with E-state index in [-0.39, 0.29) is 11.8 Å². The molecule has 0 heterocycles. The molecule has 0 aliphatic rings. The molecule has 21 heavy (non-hydrogen) atoms. The summed E-state index contributed by atoms with van der Waals surface area (Å²) in [6, 6.07) is 5.59. The predicted octanol–water partition coefficient (Wildman–Crippen LogP) is 3.28. The third-order valence-corrected chi connectivity index (χ3v) is 3.56. The second-order valence-corrected chi connectivity index (χ2v) is 5.42. The number of carboxylic acids is 1. The van der Waals surface area contributed by atoms with Crippen molar-refractivity contribution in [3.05, 3.63) is 40.4 Å². The first kappa shape index (κ1) is 17.2. The molecule has 0 aliphatic carbocycles. The summed E-state index contributed by atoms with van der Waals surface area (Å²) < 4.78 is 0. The second-order valence-electron chi connectivity index (χ2n) is 5.01. The maximum absolute atomic E-state index is 11.6. The van der Waals surface area contributed by atoms with Gasteiger partial charge in [-0.2, -0.15) is 0 Å². The molecule has 0 aromatic heterocycles. The molecule has 1 atom stereocenters. The van der Waals surface area contributed by atoms with E-state index >= 15 is 0 Å². The Morgan fingerprint density at radius 3 is 2.76 bits per heavy atom. The monoisotopic (exact) mass is 309 g/mol. The summed E-state index contributed by atoms with van der Waals surface area (Å²) in [6.07, 6.45) is 4.33. The molecular weight excluding hydrogens is 290 g/mol. The first-order valence-corrected chi connectivity index (χ1v) is 7.23. The third kappa shape index (κ3) is 6.45. The predicted molar refractivity (Wildman–Crippen MR) is 84.3 cm³/mol. The quantitative estimate of drug-likeness (QED) is 0.600. The number of amides is 1. The Kier molecular flexibility index (Phi) is 6.96. The smallest absolute Gasteiger partial charge is 0.306 e. The first-order chi connectivity index (χ1) is 9.90. The Balaban J connectivity index is 2.34. The van der Waals surface area contributed by atoms with Crippen molar-refractivity contribution in [3.8, 4) is 0 Å². The van der Waals surface area contributed by atoms with Crippen LogP contribution in [0.15, 0.2) is 24.3 Å². The lowest BCUT2D eigenvalue weighted by atomic mass is 10.1. The fourth-order valence-electron chi connectivity index (χ4n) is 1.69. The van der Waals surface area contributed by atoms with Gasteiger partial charge in [-0.25, -0.2) is 0 Å². The highest BCUT2D eigenvalue weighted by molar-refractivity contribution is 6.31. The lowest BCUT2D eigenvalue weighted by molar-refractivity contribution is -0.141. The van der Waals surface area contributed by atoms with Crippen LogP contribution in [0.3, 0.4) is 0 Å². The van der Waals surface area contributed by atoms with Gasteiger partial charge in [0, 0.05) is 17.6 Å². The summed E-state index contributed by atoms with van der Waals surface area (Å²) in [6.45, 7) is 4.04. The van der Waals surface area contributed by atoms with Crippen LogP contribution in [0.1, 0.15) is 30.9 Å². The topological polar surface area (TPSA) is 66.4 Å². The molecule has 0 aliphatic heterocycles. The Morgan fingerprint density at radius 2 is 2.14 bits per heavy atom. The summed E-state index contributed by atoms with van der Waals surface area (Å²) >= 11 is 6.00. The standard InChI is InChI=1S/C16H20ClNO3/c1-11-5-6-13(10-14(11)17)7-8-15(19)18-9-3-4-12(2)16(20)21/h5-8,10,12H,3-4,9H2,1-2H3,(H,18,19)(H,20,21)/b8-7+. The molecule has 0 bridgehead atoms. The Bertz CT molecular complexity index is 540. The van der Waals surface area contributed by atoms with Crippen LogP contribution in [0.25, 0.3) is 6.08 Å². The zero-order chi connectivity index (χ0) is 15.8. The van der Waals surface area contributed by atoms with E-state index in [0.717, 1.165) is 11.1 Å². The molecule has 1 unspecified atom stereocenters. The number of carbonyl (C=O) groups excluding carboxylic acids is 1. The molecule has 2 N–H and O–H groups in total. The maximum Gasteiger partial charge on any atom is 0.306 e. The molecule has 0 saturated heterocycles. The van der Waals surface area contributed by atoms with E-state index in [1.165, 1.54) is 6.08 Å². The van der Waals surface area contributed by atoms with E-state index in [0.29, 0.717) is 24.4 Å². The van der Waals surface area contributed by atoms with Gasteiger partial charge in [0.25, 0.3) is 0 Å². The highest BCUT2D eigenvalue weighted by Gasteiger charge is 2.09. The van der Waals surface area contributed by atoms with E-state index in [9.17, 15) is 9.59 Å². The summed E-state index contributed by atoms with van der Waals surface area (Å²) in [5.41, 5.74) is 1.85. The number of carboxylic acid groups (broad SMARTS) is 1. The van der Waals surface area contributed by atoms with Crippen molar-refractivity contribution >= 4 is 29.6 Å². The number of nitrogens with one attached hydrogen (secondary N) is 1. The molecule has 1 aromatic carbocycles. The van der Waals surface area contributed by atoms with Crippen molar-refractivity contribution in [1.82, 2.24) is 5.32 Å². The van der Waals surface area contributed by atoms with Crippen LogP contribution < -0.4 is 5.32 Å². The molecule has 0 saturated carbocycles. The van der Waals surface area contributed by atoms with Gasteiger partial charge in [0.15, 0.2) is 0 Å². The third-order valence-electron chi connectivity index (χ3n) is 3.16. The van der Waals surface area contributed by atoms with E-state index in [2.05, 4.69) is 5.32 Å². The molecule has 5 heteroatoms. The van der Waals surface area contributed by atoms with Crippen molar-refractivity contribution in [2.24, 2.45) is 5.92 Å². The van der Waals surface area contributed by atoms with Gasteiger partial charge in [-0.1, -0.05) is 30.7 Å². The number of aliphatic carboxylic acids is 1. The summed E-state index contributed by atoms with van der Waals surface area (Å²) in [5, 5.41) is 12.1. The van der Waals surface area contributed by atoms with Gasteiger partial charge in [-0.15, -0.1) is 0 Å². The van der Waals surface area contributed by atoms with Crippen LogP contribution in [0, 0.1) is 12.8 Å². The van der Waals surface area contributed by atoms with Crippen LogP contribution in [0.5, 0.6) is 0 Å². The molecule has 114 valence electrons. The molecule has 4 nitrogen and oxygen atoms in total. The molecule has 1 amide bonds. The fraction of sp³-hybridized carbons (Fsp3) is 0.375. The zero-order valence-electron chi connectivity index (χ0n) is 12.2. The van der Waals surface area contributed by atoms with Gasteiger partial charge in [0.2, 0.25) is 5.91 Å². The van der Waals surface area contributed by atoms with Crippen molar-refractivity contribution in [2.45, 2.75) is 26.7 Å². The van der Waals surface area contributed by atoms with Gasteiger partial charge < -0.3 is 10.4 Å². The number of halogens is 1. The van der Waals surface area contributed by atoms with Gasteiger partial charge in [-0.05, 0) is 43.0 Å². The van der Waals surface area contributed by atoms with Crippen molar-refractivity contribution in [1.29, 1.82) is 0 Å². The second kappa shape index (κ2) is 8.47. The number of hydrogen-bond donors (Lipinski definition) is 2. The van der Waals surface area contributed by atoms with Crippen LogP contribution in [0.4, 0.5) is 0 Å². The SMILES string of the molecule is Cc1ccc(/C=C/C(=O)NCCCC(C)C(=O)O)cc1Cl. The molecule has 0 radical (unpaired) electrons. The molecular formula is C16H20ClNO3. The number of rotatable bonds is 7. The average molecular weight is 310 g/mol.